The number of rotatable bonds is 3. The van der Waals surface area contributed by atoms with E-state index in [1.807, 2.05) is 0 Å². The molecule has 4 atom stereocenters. The fourth-order valence-electron chi connectivity index (χ4n) is 4.93. The van der Waals surface area contributed by atoms with Crippen LogP contribution in [0.5, 0.6) is 17.2 Å². The summed E-state index contributed by atoms with van der Waals surface area (Å²) in [5.41, 5.74) is -0.372. The zero-order valence-corrected chi connectivity index (χ0v) is 17.5. The van der Waals surface area contributed by atoms with Crippen molar-refractivity contribution < 1.29 is 33.7 Å². The van der Waals surface area contributed by atoms with Crippen LogP contribution in [0.4, 0.5) is 5.69 Å². The zero-order valence-electron chi connectivity index (χ0n) is 17.5. The van der Waals surface area contributed by atoms with Crippen LogP contribution in [-0.2, 0) is 19.1 Å². The Morgan fingerprint density at radius 3 is 2.47 bits per heavy atom. The van der Waals surface area contributed by atoms with Crippen LogP contribution in [0.2, 0.25) is 0 Å². The molecule has 0 aliphatic carbocycles. The number of phenols is 1. The van der Waals surface area contributed by atoms with Gasteiger partial charge in [-0.05, 0) is 36.8 Å². The van der Waals surface area contributed by atoms with Gasteiger partial charge in [-0.2, -0.15) is 0 Å². The molecule has 32 heavy (non-hydrogen) atoms. The van der Waals surface area contributed by atoms with Crippen LogP contribution in [0.25, 0.3) is 0 Å². The predicted octanol–water partition coefficient (Wildman–Crippen LogP) is 1.55. The summed E-state index contributed by atoms with van der Waals surface area (Å²) in [6.07, 6.45) is 0. The minimum Gasteiger partial charge on any atom is -0.508 e. The van der Waals surface area contributed by atoms with E-state index in [2.05, 4.69) is 5.32 Å². The molecular weight excluding hydrogens is 416 g/mol. The van der Waals surface area contributed by atoms with Crippen molar-refractivity contribution in [2.24, 2.45) is 11.8 Å². The van der Waals surface area contributed by atoms with Crippen LogP contribution in [-0.4, -0.2) is 48.8 Å². The largest absolute Gasteiger partial charge is 0.508 e. The number of amides is 2. The first kappa shape index (κ1) is 20.3. The van der Waals surface area contributed by atoms with E-state index < -0.39 is 41.2 Å². The van der Waals surface area contributed by atoms with Crippen LogP contribution in [0.15, 0.2) is 42.5 Å². The van der Waals surface area contributed by atoms with Gasteiger partial charge < -0.3 is 19.3 Å². The highest BCUT2D eigenvalue weighted by atomic mass is 16.6. The number of anilines is 1. The summed E-state index contributed by atoms with van der Waals surface area (Å²) in [5.74, 6) is -2.26. The third-order valence-corrected chi connectivity index (χ3v) is 6.43. The van der Waals surface area contributed by atoms with E-state index in [4.69, 9.17) is 14.2 Å². The summed E-state index contributed by atoms with van der Waals surface area (Å²) in [5, 5.41) is 12.8. The maximum absolute atomic E-state index is 13.6. The van der Waals surface area contributed by atoms with Gasteiger partial charge in [0.1, 0.15) is 24.5 Å². The van der Waals surface area contributed by atoms with Gasteiger partial charge in [-0.1, -0.05) is 12.1 Å². The fraction of sp³-hybridized carbons (Fsp3) is 0.348. The number of aromatic hydroxyl groups is 1. The average molecular weight is 438 g/mol. The molecule has 2 fully saturated rings. The van der Waals surface area contributed by atoms with Crippen LogP contribution < -0.4 is 19.7 Å². The van der Waals surface area contributed by atoms with Crippen LogP contribution in [0.3, 0.4) is 0 Å². The summed E-state index contributed by atoms with van der Waals surface area (Å²) in [4.78, 5) is 41.1. The molecule has 9 nitrogen and oxygen atoms in total. The highest BCUT2D eigenvalue weighted by Crippen LogP contribution is 2.50. The molecule has 3 aliphatic rings. The van der Waals surface area contributed by atoms with Gasteiger partial charge in [0.2, 0.25) is 11.8 Å². The van der Waals surface area contributed by atoms with Crippen molar-refractivity contribution in [1.29, 1.82) is 0 Å². The molecule has 2 aromatic carbocycles. The Hall–Kier alpha value is -3.59. The number of imide groups is 1. The molecule has 0 unspecified atom stereocenters. The number of methoxy groups -OCH3 is 1. The standard InChI is InChI=1S/C23H22N2O7/c1-23(22(29)30-2)18-17(19(24-23)12-3-6-14(26)7-4-12)20(27)25(21(18)28)13-5-8-15-16(11-13)32-10-9-31-15/h3-8,11,17-19,24,26H,9-10H2,1-2H3/t17-,18+,19-,23-/m1/s1. The van der Waals surface area contributed by atoms with Crippen molar-refractivity contribution in [1.82, 2.24) is 5.32 Å². The molecular formula is C23H22N2O7. The van der Waals surface area contributed by atoms with Gasteiger partial charge in [-0.25, -0.2) is 4.90 Å². The third kappa shape index (κ3) is 2.85. The molecule has 9 heteroatoms. The van der Waals surface area contributed by atoms with E-state index >= 15 is 0 Å². The van der Waals surface area contributed by atoms with E-state index in [0.717, 1.165) is 4.90 Å². The summed E-state index contributed by atoms with van der Waals surface area (Å²) < 4.78 is 16.1. The van der Waals surface area contributed by atoms with Gasteiger partial charge in [-0.15, -0.1) is 0 Å². The molecule has 0 saturated carbocycles. The maximum atomic E-state index is 13.6. The van der Waals surface area contributed by atoms with Gasteiger partial charge in [-0.3, -0.25) is 19.7 Å². The third-order valence-electron chi connectivity index (χ3n) is 6.43. The van der Waals surface area contributed by atoms with Crippen LogP contribution in [0, 0.1) is 11.8 Å². The van der Waals surface area contributed by atoms with Crippen molar-refractivity contribution in [3.05, 3.63) is 48.0 Å². The Kier molecular flexibility index (Phi) is 4.59. The number of nitrogens with one attached hydrogen (secondary N) is 1. The first-order valence-electron chi connectivity index (χ1n) is 10.3. The number of hydrogen-bond acceptors (Lipinski definition) is 8. The Morgan fingerprint density at radius 1 is 1.09 bits per heavy atom. The fourth-order valence-corrected chi connectivity index (χ4v) is 4.93. The Balaban J connectivity index is 1.58. The smallest absolute Gasteiger partial charge is 0.326 e. The van der Waals surface area contributed by atoms with Gasteiger partial charge in [0.05, 0.1) is 24.6 Å². The van der Waals surface area contributed by atoms with E-state index in [1.54, 1.807) is 37.3 Å². The molecule has 0 radical (unpaired) electrons. The van der Waals surface area contributed by atoms with E-state index in [0.29, 0.717) is 36.0 Å². The number of fused-ring (bicyclic) bond motifs is 2. The van der Waals surface area contributed by atoms with Gasteiger partial charge in [0.15, 0.2) is 11.5 Å². The highest BCUT2D eigenvalue weighted by molar-refractivity contribution is 6.24. The SMILES string of the molecule is COC(=O)[C@]1(C)N[C@H](c2ccc(O)cc2)[C@@H]2C(=O)N(c3ccc4c(c3)OCCO4)C(=O)[C@H]21. The van der Waals surface area contributed by atoms with Gasteiger partial charge >= 0.3 is 5.97 Å². The summed E-state index contributed by atoms with van der Waals surface area (Å²) in [7, 11) is 1.25. The molecule has 5 rings (SSSR count). The molecule has 166 valence electrons. The molecule has 2 aromatic rings. The van der Waals surface area contributed by atoms with E-state index in [1.165, 1.54) is 19.2 Å². The van der Waals surface area contributed by atoms with Crippen LogP contribution >= 0.6 is 0 Å². The Morgan fingerprint density at radius 2 is 1.78 bits per heavy atom. The number of nitrogens with zero attached hydrogens (tertiary/aromatic N) is 1. The van der Waals surface area contributed by atoms with E-state index in [-0.39, 0.29) is 5.75 Å². The topological polar surface area (TPSA) is 114 Å². The van der Waals surface area contributed by atoms with Gasteiger partial charge in [0, 0.05) is 12.1 Å². The predicted molar refractivity (Wildman–Crippen MR) is 111 cm³/mol. The van der Waals surface area contributed by atoms with Crippen molar-refractivity contribution >= 4 is 23.5 Å². The van der Waals surface area contributed by atoms with E-state index in [9.17, 15) is 19.5 Å². The minimum absolute atomic E-state index is 0.0748. The Bertz CT molecular complexity index is 1120. The molecule has 0 bridgehead atoms. The van der Waals surface area contributed by atoms with Gasteiger partial charge in [0.25, 0.3) is 0 Å². The van der Waals surface area contributed by atoms with Crippen molar-refractivity contribution in [2.75, 3.05) is 25.2 Å². The maximum Gasteiger partial charge on any atom is 0.326 e. The monoisotopic (exact) mass is 438 g/mol. The second kappa shape index (κ2) is 7.23. The summed E-state index contributed by atoms with van der Waals surface area (Å²) >= 11 is 0. The van der Waals surface area contributed by atoms with Crippen molar-refractivity contribution in [2.45, 2.75) is 18.5 Å². The number of phenolic OH excluding ortho intramolecular Hbond substituents is 1. The second-order valence-corrected chi connectivity index (χ2v) is 8.25. The number of benzene rings is 2. The molecule has 3 aliphatic heterocycles. The average Bonchev–Trinajstić information content (AvgIpc) is 3.26. The number of esters is 1. The number of carbonyl (C=O) groups excluding carboxylic acids is 3. The quantitative estimate of drug-likeness (QED) is 0.548. The molecule has 3 heterocycles. The van der Waals surface area contributed by atoms with Crippen LogP contribution in [0.1, 0.15) is 18.5 Å². The lowest BCUT2D eigenvalue weighted by molar-refractivity contribution is -0.151. The molecule has 2 saturated heterocycles. The van der Waals surface area contributed by atoms with Crippen molar-refractivity contribution in [3.8, 4) is 17.2 Å². The molecule has 0 spiro atoms. The number of carbonyl (C=O) groups is 3. The molecule has 0 aromatic heterocycles. The summed E-state index contributed by atoms with van der Waals surface area (Å²) in [6, 6.07) is 10.6. The molecule has 2 amide bonds. The second-order valence-electron chi connectivity index (χ2n) is 8.25. The van der Waals surface area contributed by atoms with Crippen molar-refractivity contribution in [3.63, 3.8) is 0 Å². The summed E-state index contributed by atoms with van der Waals surface area (Å²) in [6.45, 7) is 2.38. The number of ether oxygens (including phenoxy) is 3. The first-order valence-corrected chi connectivity index (χ1v) is 10.3. The zero-order chi connectivity index (χ0) is 22.6. The lowest BCUT2D eigenvalue weighted by Gasteiger charge is -2.29. The highest BCUT2D eigenvalue weighted by Gasteiger charge is 2.67. The Labute approximate surface area is 183 Å². The normalized spacial score (nSPS) is 28.6. The minimum atomic E-state index is -1.41. The lowest BCUT2D eigenvalue weighted by Crippen LogP contribution is -2.54. The number of hydrogen-bond donors (Lipinski definition) is 2. The molecule has 2 N–H and O–H groups in total. The lowest BCUT2D eigenvalue weighted by atomic mass is 9.80. The first-order chi connectivity index (χ1) is 15.3.